The Labute approximate surface area is 151 Å². The fourth-order valence-corrected chi connectivity index (χ4v) is 3.73. The number of fused-ring (bicyclic) bond motifs is 1. The topological polar surface area (TPSA) is 58.5 Å². The van der Waals surface area contributed by atoms with E-state index >= 15 is 0 Å². The third-order valence-corrected chi connectivity index (χ3v) is 4.98. The standard InChI is InChI=1S/C19H20ClN3O2/c20-16-1-2-19-14(6-16)5-13(12-25-19)9-23-10-15(18(24)11-23)7-17-8-21-3-4-22-17/h1-6,8,15,18,24H,7,9-12H2/t15-,18-/m1/s1. The Kier molecular flexibility index (Phi) is 4.70. The van der Waals surface area contributed by atoms with E-state index < -0.39 is 0 Å². The van der Waals surface area contributed by atoms with Crippen molar-refractivity contribution < 1.29 is 9.84 Å². The van der Waals surface area contributed by atoms with Crippen LogP contribution in [0.1, 0.15) is 11.3 Å². The van der Waals surface area contributed by atoms with Gasteiger partial charge in [0.15, 0.2) is 0 Å². The van der Waals surface area contributed by atoms with Crippen molar-refractivity contribution in [2.45, 2.75) is 12.5 Å². The van der Waals surface area contributed by atoms with Gasteiger partial charge in [0.05, 0.1) is 11.8 Å². The van der Waals surface area contributed by atoms with Gasteiger partial charge in [-0.1, -0.05) is 11.6 Å². The molecule has 0 radical (unpaired) electrons. The first kappa shape index (κ1) is 16.5. The molecule has 1 aromatic heterocycles. The number of β-amino-alcohol motifs (C(OH)–C–C–N with tert-alkyl or cyclic N) is 1. The van der Waals surface area contributed by atoms with Gasteiger partial charge >= 0.3 is 0 Å². The van der Waals surface area contributed by atoms with E-state index in [-0.39, 0.29) is 12.0 Å². The Balaban J connectivity index is 1.41. The molecule has 1 aromatic carbocycles. The van der Waals surface area contributed by atoms with E-state index in [0.29, 0.717) is 18.2 Å². The van der Waals surface area contributed by atoms with E-state index in [1.54, 1.807) is 18.6 Å². The van der Waals surface area contributed by atoms with Crippen LogP contribution in [0.3, 0.4) is 0 Å². The normalized spacial score (nSPS) is 23.0. The van der Waals surface area contributed by atoms with Gasteiger partial charge in [0.25, 0.3) is 0 Å². The number of aliphatic hydroxyl groups excluding tert-OH is 1. The lowest BCUT2D eigenvalue weighted by molar-refractivity contribution is 0.141. The van der Waals surface area contributed by atoms with Crippen molar-refractivity contribution >= 4 is 17.7 Å². The lowest BCUT2D eigenvalue weighted by Gasteiger charge is -2.22. The summed E-state index contributed by atoms with van der Waals surface area (Å²) in [5.74, 6) is 1.05. The summed E-state index contributed by atoms with van der Waals surface area (Å²) in [4.78, 5) is 10.7. The van der Waals surface area contributed by atoms with Crippen LogP contribution in [0.2, 0.25) is 5.02 Å². The molecular weight excluding hydrogens is 338 g/mol. The first-order chi connectivity index (χ1) is 12.2. The van der Waals surface area contributed by atoms with E-state index in [2.05, 4.69) is 20.9 Å². The van der Waals surface area contributed by atoms with Crippen LogP contribution < -0.4 is 4.74 Å². The van der Waals surface area contributed by atoms with Gasteiger partial charge in [-0.2, -0.15) is 0 Å². The van der Waals surface area contributed by atoms with Crippen molar-refractivity contribution in [1.29, 1.82) is 0 Å². The smallest absolute Gasteiger partial charge is 0.127 e. The van der Waals surface area contributed by atoms with E-state index in [0.717, 1.165) is 36.5 Å². The first-order valence-electron chi connectivity index (χ1n) is 8.44. The SMILES string of the molecule is O[C@@H]1CN(CC2=Cc3cc(Cl)ccc3OC2)C[C@H]1Cc1cnccn1. The number of aliphatic hydroxyl groups is 1. The number of rotatable bonds is 4. The van der Waals surface area contributed by atoms with Crippen LogP contribution in [0.25, 0.3) is 6.08 Å². The molecule has 6 heteroatoms. The van der Waals surface area contributed by atoms with Crippen LogP contribution in [0.5, 0.6) is 5.75 Å². The molecule has 1 fully saturated rings. The predicted molar refractivity (Wildman–Crippen MR) is 96.6 cm³/mol. The van der Waals surface area contributed by atoms with Gasteiger partial charge in [-0.05, 0) is 36.3 Å². The molecule has 2 aliphatic heterocycles. The van der Waals surface area contributed by atoms with Crippen LogP contribution in [-0.2, 0) is 6.42 Å². The van der Waals surface area contributed by atoms with E-state index in [1.807, 2.05) is 18.2 Å². The molecule has 0 bridgehead atoms. The fraction of sp³-hybridized carbons (Fsp3) is 0.368. The van der Waals surface area contributed by atoms with E-state index in [1.165, 1.54) is 5.57 Å². The van der Waals surface area contributed by atoms with Gasteiger partial charge in [0, 0.05) is 54.7 Å². The molecule has 0 amide bonds. The number of halogens is 1. The van der Waals surface area contributed by atoms with E-state index in [4.69, 9.17) is 16.3 Å². The van der Waals surface area contributed by atoms with Crippen molar-refractivity contribution in [3.8, 4) is 5.75 Å². The average Bonchev–Trinajstić information content (AvgIpc) is 2.94. The average molecular weight is 358 g/mol. The number of likely N-dealkylation sites (tertiary alicyclic amines) is 1. The van der Waals surface area contributed by atoms with Gasteiger partial charge in [0.1, 0.15) is 12.4 Å². The summed E-state index contributed by atoms with van der Waals surface area (Å²) in [5, 5.41) is 11.1. The Bertz CT molecular complexity index is 781. The quantitative estimate of drug-likeness (QED) is 0.910. The monoisotopic (exact) mass is 357 g/mol. The summed E-state index contributed by atoms with van der Waals surface area (Å²) in [7, 11) is 0. The zero-order chi connectivity index (χ0) is 17.2. The Morgan fingerprint density at radius 1 is 1.28 bits per heavy atom. The van der Waals surface area contributed by atoms with Gasteiger partial charge < -0.3 is 9.84 Å². The van der Waals surface area contributed by atoms with Crippen LogP contribution in [0.15, 0.2) is 42.4 Å². The van der Waals surface area contributed by atoms with Crippen molar-refractivity contribution in [3.05, 3.63) is 58.6 Å². The van der Waals surface area contributed by atoms with Crippen molar-refractivity contribution in [3.63, 3.8) is 0 Å². The van der Waals surface area contributed by atoms with Gasteiger partial charge in [-0.3, -0.25) is 14.9 Å². The number of aromatic nitrogens is 2. The molecule has 4 rings (SSSR count). The van der Waals surface area contributed by atoms with Crippen LogP contribution in [-0.4, -0.2) is 52.3 Å². The summed E-state index contributed by atoms with van der Waals surface area (Å²) in [5.41, 5.74) is 3.14. The largest absolute Gasteiger partial charge is 0.489 e. The summed E-state index contributed by atoms with van der Waals surface area (Å²) in [6.07, 6.45) is 7.69. The number of nitrogens with zero attached hydrogens (tertiary/aromatic N) is 3. The minimum Gasteiger partial charge on any atom is -0.489 e. The van der Waals surface area contributed by atoms with Crippen LogP contribution in [0, 0.1) is 5.92 Å². The number of ether oxygens (including phenoxy) is 1. The minimum atomic E-state index is -0.339. The molecule has 5 nitrogen and oxygen atoms in total. The molecule has 0 spiro atoms. The molecule has 1 saturated heterocycles. The summed E-state index contributed by atoms with van der Waals surface area (Å²) in [6.45, 7) is 2.89. The molecule has 2 atom stereocenters. The third kappa shape index (κ3) is 3.84. The van der Waals surface area contributed by atoms with Gasteiger partial charge in [0.2, 0.25) is 0 Å². The first-order valence-corrected chi connectivity index (χ1v) is 8.82. The highest BCUT2D eigenvalue weighted by Gasteiger charge is 2.32. The molecule has 2 aliphatic rings. The second-order valence-corrected chi connectivity index (χ2v) is 7.13. The molecule has 0 aliphatic carbocycles. The lowest BCUT2D eigenvalue weighted by Crippen LogP contribution is -2.27. The van der Waals surface area contributed by atoms with Crippen molar-refractivity contribution in [1.82, 2.24) is 14.9 Å². The second-order valence-electron chi connectivity index (χ2n) is 6.70. The molecule has 25 heavy (non-hydrogen) atoms. The third-order valence-electron chi connectivity index (χ3n) is 4.74. The zero-order valence-electron chi connectivity index (χ0n) is 13.8. The molecule has 2 aromatic rings. The minimum absolute atomic E-state index is 0.184. The number of hydrogen-bond donors (Lipinski definition) is 1. The maximum absolute atomic E-state index is 10.4. The second kappa shape index (κ2) is 7.12. The summed E-state index contributed by atoms with van der Waals surface area (Å²) in [6, 6.07) is 5.67. The predicted octanol–water partition coefficient (Wildman–Crippen LogP) is 2.44. The van der Waals surface area contributed by atoms with Crippen molar-refractivity contribution in [2.24, 2.45) is 5.92 Å². The fourth-order valence-electron chi connectivity index (χ4n) is 3.55. The van der Waals surface area contributed by atoms with Crippen LogP contribution >= 0.6 is 11.6 Å². The molecule has 130 valence electrons. The maximum Gasteiger partial charge on any atom is 0.127 e. The van der Waals surface area contributed by atoms with Crippen LogP contribution in [0.4, 0.5) is 0 Å². The number of hydrogen-bond acceptors (Lipinski definition) is 5. The van der Waals surface area contributed by atoms with Crippen molar-refractivity contribution in [2.75, 3.05) is 26.2 Å². The zero-order valence-corrected chi connectivity index (χ0v) is 14.6. The summed E-state index contributed by atoms with van der Waals surface area (Å²) < 4.78 is 5.82. The molecule has 3 heterocycles. The van der Waals surface area contributed by atoms with E-state index in [9.17, 15) is 5.11 Å². The Morgan fingerprint density at radius 2 is 2.20 bits per heavy atom. The highest BCUT2D eigenvalue weighted by molar-refractivity contribution is 6.30. The molecule has 0 saturated carbocycles. The van der Waals surface area contributed by atoms with Gasteiger partial charge in [-0.15, -0.1) is 0 Å². The molecular formula is C19H20ClN3O2. The molecule has 0 unspecified atom stereocenters. The maximum atomic E-state index is 10.4. The highest BCUT2D eigenvalue weighted by Crippen LogP contribution is 2.30. The number of benzene rings is 1. The van der Waals surface area contributed by atoms with Gasteiger partial charge in [-0.25, -0.2) is 0 Å². The molecule has 1 N–H and O–H groups in total. The summed E-state index contributed by atoms with van der Waals surface area (Å²) >= 11 is 6.07. The lowest BCUT2D eigenvalue weighted by atomic mass is 10.0. The Hall–Kier alpha value is -1.95. The Morgan fingerprint density at radius 3 is 3.04 bits per heavy atom. The highest BCUT2D eigenvalue weighted by atomic mass is 35.5.